The monoisotopic (exact) mass is 321 g/mol. The normalized spacial score (nSPS) is 12.4. The first kappa shape index (κ1) is 13.7. The van der Waals surface area contributed by atoms with Crippen molar-refractivity contribution in [2.75, 3.05) is 7.05 Å². The van der Waals surface area contributed by atoms with Gasteiger partial charge in [-0.1, -0.05) is 45.9 Å². The third-order valence-corrected chi connectivity index (χ3v) is 4.49. The molecular formula is C15H16BrNS. The van der Waals surface area contributed by atoms with Crippen molar-refractivity contribution in [3.05, 3.63) is 58.6 Å². The van der Waals surface area contributed by atoms with E-state index in [2.05, 4.69) is 76.7 Å². The molecule has 1 N–H and O–H groups in total. The van der Waals surface area contributed by atoms with Crippen LogP contribution in [0, 0.1) is 0 Å². The first-order chi connectivity index (χ1) is 8.70. The van der Waals surface area contributed by atoms with Gasteiger partial charge in [-0.3, -0.25) is 0 Å². The minimum absolute atomic E-state index is 0.365. The standard InChI is InChI=1S/C15H16BrNS/c1-11(17-2)14-5-3-4-6-15(14)18-13-9-7-12(16)8-10-13/h3-11,17H,1-2H3. The van der Waals surface area contributed by atoms with E-state index in [0.717, 1.165) is 4.47 Å². The predicted octanol–water partition coefficient (Wildman–Crippen LogP) is 4.88. The highest BCUT2D eigenvalue weighted by atomic mass is 79.9. The Morgan fingerprint density at radius 3 is 2.39 bits per heavy atom. The SMILES string of the molecule is CNC(C)c1ccccc1Sc1ccc(Br)cc1. The van der Waals surface area contributed by atoms with Crippen LogP contribution < -0.4 is 5.32 Å². The Balaban J connectivity index is 2.26. The maximum atomic E-state index is 3.46. The quantitative estimate of drug-likeness (QED) is 0.861. The van der Waals surface area contributed by atoms with Crippen molar-refractivity contribution in [1.29, 1.82) is 0 Å². The van der Waals surface area contributed by atoms with Crippen LogP contribution in [-0.4, -0.2) is 7.05 Å². The van der Waals surface area contributed by atoms with Crippen molar-refractivity contribution in [3.8, 4) is 0 Å². The summed E-state index contributed by atoms with van der Waals surface area (Å²) in [5.74, 6) is 0. The van der Waals surface area contributed by atoms with Crippen molar-refractivity contribution in [2.24, 2.45) is 0 Å². The molecular weight excluding hydrogens is 306 g/mol. The van der Waals surface area contributed by atoms with Gasteiger partial charge in [-0.05, 0) is 49.9 Å². The van der Waals surface area contributed by atoms with Gasteiger partial charge in [-0.2, -0.15) is 0 Å². The fourth-order valence-corrected chi connectivity index (χ4v) is 3.02. The van der Waals surface area contributed by atoms with Gasteiger partial charge in [0, 0.05) is 20.3 Å². The van der Waals surface area contributed by atoms with E-state index in [1.54, 1.807) is 11.8 Å². The Hall–Kier alpha value is -0.770. The van der Waals surface area contributed by atoms with E-state index >= 15 is 0 Å². The van der Waals surface area contributed by atoms with Crippen molar-refractivity contribution in [2.45, 2.75) is 22.8 Å². The Morgan fingerprint density at radius 2 is 1.72 bits per heavy atom. The van der Waals surface area contributed by atoms with Crippen LogP contribution in [0.4, 0.5) is 0 Å². The van der Waals surface area contributed by atoms with Gasteiger partial charge in [0.2, 0.25) is 0 Å². The van der Waals surface area contributed by atoms with Crippen molar-refractivity contribution >= 4 is 27.7 Å². The number of nitrogens with one attached hydrogen (secondary N) is 1. The molecule has 0 aliphatic carbocycles. The van der Waals surface area contributed by atoms with Crippen LogP contribution in [0.3, 0.4) is 0 Å². The van der Waals surface area contributed by atoms with Crippen LogP contribution in [0.25, 0.3) is 0 Å². The molecule has 0 amide bonds. The molecule has 18 heavy (non-hydrogen) atoms. The summed E-state index contributed by atoms with van der Waals surface area (Å²) in [5.41, 5.74) is 1.34. The lowest BCUT2D eigenvalue weighted by atomic mass is 10.1. The van der Waals surface area contributed by atoms with E-state index in [1.165, 1.54) is 15.4 Å². The second kappa shape index (κ2) is 6.41. The lowest BCUT2D eigenvalue weighted by Crippen LogP contribution is -2.12. The molecule has 1 atom stereocenters. The number of hydrogen-bond donors (Lipinski definition) is 1. The molecule has 0 radical (unpaired) electrons. The van der Waals surface area contributed by atoms with Crippen LogP contribution in [-0.2, 0) is 0 Å². The van der Waals surface area contributed by atoms with Gasteiger partial charge >= 0.3 is 0 Å². The van der Waals surface area contributed by atoms with Gasteiger partial charge in [-0.15, -0.1) is 0 Å². The number of hydrogen-bond acceptors (Lipinski definition) is 2. The molecule has 2 aromatic rings. The molecule has 1 unspecified atom stereocenters. The first-order valence-electron chi connectivity index (χ1n) is 5.90. The third-order valence-electron chi connectivity index (χ3n) is 2.86. The zero-order chi connectivity index (χ0) is 13.0. The summed E-state index contributed by atoms with van der Waals surface area (Å²) in [4.78, 5) is 2.57. The average Bonchev–Trinajstić information content (AvgIpc) is 2.41. The number of halogens is 1. The number of benzene rings is 2. The van der Waals surface area contributed by atoms with Gasteiger partial charge in [0.15, 0.2) is 0 Å². The summed E-state index contributed by atoms with van der Waals surface area (Å²) in [6.07, 6.45) is 0. The molecule has 0 aromatic heterocycles. The lowest BCUT2D eigenvalue weighted by Gasteiger charge is -2.15. The van der Waals surface area contributed by atoms with E-state index in [0.29, 0.717) is 6.04 Å². The van der Waals surface area contributed by atoms with E-state index in [-0.39, 0.29) is 0 Å². The molecule has 0 heterocycles. The van der Waals surface area contributed by atoms with E-state index < -0.39 is 0 Å². The highest BCUT2D eigenvalue weighted by molar-refractivity contribution is 9.10. The summed E-state index contributed by atoms with van der Waals surface area (Å²) in [6, 6.07) is 17.3. The maximum absolute atomic E-state index is 3.46. The lowest BCUT2D eigenvalue weighted by molar-refractivity contribution is 0.641. The molecule has 0 fully saturated rings. The third kappa shape index (κ3) is 3.37. The predicted molar refractivity (Wildman–Crippen MR) is 82.2 cm³/mol. The van der Waals surface area contributed by atoms with Crippen LogP contribution in [0.5, 0.6) is 0 Å². The van der Waals surface area contributed by atoms with Crippen LogP contribution in [0.1, 0.15) is 18.5 Å². The molecule has 0 aliphatic heterocycles. The van der Waals surface area contributed by atoms with E-state index in [9.17, 15) is 0 Å². The summed E-state index contributed by atoms with van der Waals surface area (Å²) in [7, 11) is 1.99. The van der Waals surface area contributed by atoms with E-state index in [1.807, 2.05) is 7.05 Å². The van der Waals surface area contributed by atoms with Gasteiger partial charge in [0.1, 0.15) is 0 Å². The van der Waals surface area contributed by atoms with Crippen molar-refractivity contribution in [3.63, 3.8) is 0 Å². The first-order valence-corrected chi connectivity index (χ1v) is 7.51. The van der Waals surface area contributed by atoms with Gasteiger partial charge < -0.3 is 5.32 Å². The maximum Gasteiger partial charge on any atom is 0.0300 e. The summed E-state index contributed by atoms with van der Waals surface area (Å²) in [6.45, 7) is 2.18. The Labute approximate surface area is 121 Å². The molecule has 0 saturated heterocycles. The van der Waals surface area contributed by atoms with Gasteiger partial charge in [0.25, 0.3) is 0 Å². The zero-order valence-corrected chi connectivity index (χ0v) is 12.9. The highest BCUT2D eigenvalue weighted by Gasteiger charge is 2.09. The summed E-state index contributed by atoms with van der Waals surface area (Å²) < 4.78 is 1.11. The van der Waals surface area contributed by atoms with Crippen LogP contribution in [0.2, 0.25) is 0 Å². The molecule has 0 aliphatic rings. The minimum Gasteiger partial charge on any atom is -0.313 e. The van der Waals surface area contributed by atoms with Crippen molar-refractivity contribution in [1.82, 2.24) is 5.32 Å². The Morgan fingerprint density at radius 1 is 1.06 bits per heavy atom. The highest BCUT2D eigenvalue weighted by Crippen LogP contribution is 2.33. The smallest absolute Gasteiger partial charge is 0.0300 e. The average molecular weight is 322 g/mol. The topological polar surface area (TPSA) is 12.0 Å². The molecule has 0 spiro atoms. The van der Waals surface area contributed by atoms with Gasteiger partial charge in [-0.25, -0.2) is 0 Å². The van der Waals surface area contributed by atoms with E-state index in [4.69, 9.17) is 0 Å². The molecule has 1 nitrogen and oxygen atoms in total. The van der Waals surface area contributed by atoms with Crippen LogP contribution >= 0.6 is 27.7 Å². The molecule has 3 heteroatoms. The zero-order valence-electron chi connectivity index (χ0n) is 10.5. The summed E-state index contributed by atoms with van der Waals surface area (Å²) >= 11 is 5.27. The summed E-state index contributed by atoms with van der Waals surface area (Å²) in [5, 5.41) is 3.30. The van der Waals surface area contributed by atoms with Crippen molar-refractivity contribution < 1.29 is 0 Å². The second-order valence-corrected chi connectivity index (χ2v) is 6.14. The largest absolute Gasteiger partial charge is 0.313 e. The fraction of sp³-hybridized carbons (Fsp3) is 0.200. The molecule has 0 saturated carbocycles. The molecule has 0 bridgehead atoms. The minimum atomic E-state index is 0.365. The second-order valence-electron chi connectivity index (χ2n) is 4.10. The van der Waals surface area contributed by atoms with Crippen LogP contribution in [0.15, 0.2) is 62.8 Å². The molecule has 2 aromatic carbocycles. The van der Waals surface area contributed by atoms with Gasteiger partial charge in [0.05, 0.1) is 0 Å². The number of rotatable bonds is 4. The Kier molecular flexibility index (Phi) is 4.87. The molecule has 94 valence electrons. The molecule has 2 rings (SSSR count). The Bertz CT molecular complexity index is 510. The fourth-order valence-electron chi connectivity index (χ4n) is 1.72.